The van der Waals surface area contributed by atoms with Crippen molar-refractivity contribution in [1.82, 2.24) is 15.2 Å². The van der Waals surface area contributed by atoms with E-state index in [1.54, 1.807) is 10.7 Å². The molecule has 2 heterocycles. The highest BCUT2D eigenvalue weighted by atomic mass is 32.2. The van der Waals surface area contributed by atoms with E-state index in [2.05, 4.69) is 15.6 Å². The summed E-state index contributed by atoms with van der Waals surface area (Å²) in [7, 11) is -2.99. The van der Waals surface area contributed by atoms with Crippen LogP contribution in [0.3, 0.4) is 0 Å². The van der Waals surface area contributed by atoms with Gasteiger partial charge in [-0.15, -0.1) is 0 Å². The molecule has 1 saturated heterocycles. The largest absolute Gasteiger partial charge is 0.484 e. The van der Waals surface area contributed by atoms with E-state index in [-0.39, 0.29) is 30.1 Å². The number of rotatable bonds is 6. The summed E-state index contributed by atoms with van der Waals surface area (Å²) in [6.45, 7) is 5.51. The maximum absolute atomic E-state index is 11.9. The smallest absolute Gasteiger partial charge is 0.277 e. The van der Waals surface area contributed by atoms with Gasteiger partial charge in [-0.25, -0.2) is 13.8 Å². The summed E-state index contributed by atoms with van der Waals surface area (Å²) in [4.78, 5) is 11.9. The Hall–Kier alpha value is -2.68. The van der Waals surface area contributed by atoms with Gasteiger partial charge in [0.15, 0.2) is 16.4 Å². The quantitative estimate of drug-likeness (QED) is 0.583. The number of carbonyl (C=O) groups is 1. The van der Waals surface area contributed by atoms with Crippen LogP contribution in [0.25, 0.3) is 0 Å². The van der Waals surface area contributed by atoms with Crippen molar-refractivity contribution in [1.29, 1.82) is 0 Å². The van der Waals surface area contributed by atoms with Gasteiger partial charge < -0.3 is 4.74 Å². The van der Waals surface area contributed by atoms with Crippen LogP contribution < -0.4 is 10.2 Å². The topological polar surface area (TPSA) is 103 Å². The minimum atomic E-state index is -2.99. The molecule has 1 aromatic heterocycles. The average molecular weight is 404 g/mol. The standard InChI is InChI=1S/C19H24N4O4S/c1-13-5-4-6-17(9-13)27-11-19(24)21-20-10-18-14(2)22-23(15(18)3)16-7-8-28(25,26)12-16/h4-6,9-10,16H,7-8,11-12H2,1-3H3,(H,21,24)/b20-10-/t16-/m0/s1. The zero-order valence-electron chi connectivity index (χ0n) is 16.2. The summed E-state index contributed by atoms with van der Waals surface area (Å²) in [6.07, 6.45) is 2.09. The second kappa shape index (κ2) is 8.14. The molecule has 0 spiro atoms. The van der Waals surface area contributed by atoms with Gasteiger partial charge in [0, 0.05) is 11.3 Å². The van der Waals surface area contributed by atoms with E-state index >= 15 is 0 Å². The minimum Gasteiger partial charge on any atom is -0.484 e. The molecule has 3 rings (SSSR count). The Labute approximate surface area is 164 Å². The number of carbonyl (C=O) groups excluding carboxylic acids is 1. The van der Waals surface area contributed by atoms with E-state index < -0.39 is 9.84 Å². The number of sulfone groups is 1. The first kappa shape index (κ1) is 20.1. The number of nitrogens with zero attached hydrogens (tertiary/aromatic N) is 3. The average Bonchev–Trinajstić information content (AvgIpc) is 3.13. The number of ether oxygens (including phenoxy) is 1. The predicted octanol–water partition coefficient (Wildman–Crippen LogP) is 1.70. The molecule has 9 heteroatoms. The van der Waals surface area contributed by atoms with Crippen molar-refractivity contribution in [3.8, 4) is 5.75 Å². The van der Waals surface area contributed by atoms with Gasteiger partial charge in [-0.1, -0.05) is 12.1 Å². The lowest BCUT2D eigenvalue weighted by molar-refractivity contribution is -0.123. The number of benzene rings is 1. The summed E-state index contributed by atoms with van der Waals surface area (Å²) in [5, 5.41) is 8.45. The molecule has 1 atom stereocenters. The Morgan fingerprint density at radius 2 is 2.18 bits per heavy atom. The molecule has 0 bridgehead atoms. The summed E-state index contributed by atoms with van der Waals surface area (Å²) in [5.41, 5.74) is 5.81. The van der Waals surface area contributed by atoms with Crippen LogP contribution in [0.4, 0.5) is 0 Å². The fraction of sp³-hybridized carbons (Fsp3) is 0.421. The molecular weight excluding hydrogens is 380 g/mol. The number of hydrogen-bond acceptors (Lipinski definition) is 6. The predicted molar refractivity (Wildman–Crippen MR) is 106 cm³/mol. The third-order valence-corrected chi connectivity index (χ3v) is 6.43. The number of hydrazone groups is 1. The molecule has 2 aromatic rings. The van der Waals surface area contributed by atoms with Crippen molar-refractivity contribution in [2.24, 2.45) is 5.10 Å². The van der Waals surface area contributed by atoms with E-state index in [4.69, 9.17) is 4.74 Å². The Morgan fingerprint density at radius 1 is 1.39 bits per heavy atom. The Kier molecular flexibility index (Phi) is 5.83. The van der Waals surface area contributed by atoms with Gasteiger partial charge in [-0.2, -0.15) is 10.2 Å². The third kappa shape index (κ3) is 4.78. The van der Waals surface area contributed by atoms with Gasteiger partial charge in [0.25, 0.3) is 5.91 Å². The fourth-order valence-corrected chi connectivity index (χ4v) is 4.93. The number of hydrogen-bond donors (Lipinski definition) is 1. The van der Waals surface area contributed by atoms with Gasteiger partial charge >= 0.3 is 0 Å². The summed E-state index contributed by atoms with van der Waals surface area (Å²) in [5.74, 6) is 0.551. The first-order chi connectivity index (χ1) is 13.2. The van der Waals surface area contributed by atoms with Crippen molar-refractivity contribution in [3.05, 3.63) is 46.8 Å². The molecular formula is C19H24N4O4S. The van der Waals surface area contributed by atoms with Gasteiger partial charge in [0.05, 0.1) is 29.5 Å². The molecule has 0 aliphatic carbocycles. The molecule has 1 amide bonds. The van der Waals surface area contributed by atoms with Crippen LogP contribution in [-0.4, -0.2) is 48.4 Å². The van der Waals surface area contributed by atoms with Crippen LogP contribution >= 0.6 is 0 Å². The summed E-state index contributed by atoms with van der Waals surface area (Å²) in [6, 6.07) is 7.29. The highest BCUT2D eigenvalue weighted by molar-refractivity contribution is 7.91. The first-order valence-corrected chi connectivity index (χ1v) is 10.8. The van der Waals surface area contributed by atoms with Gasteiger partial charge in [-0.3, -0.25) is 9.48 Å². The van der Waals surface area contributed by atoms with Gasteiger partial charge in [0.1, 0.15) is 5.75 Å². The van der Waals surface area contributed by atoms with Crippen molar-refractivity contribution in [2.45, 2.75) is 33.2 Å². The Balaban J connectivity index is 1.59. The molecule has 1 fully saturated rings. The van der Waals surface area contributed by atoms with Crippen LogP contribution in [0.1, 0.15) is 35.0 Å². The number of nitrogens with one attached hydrogen (secondary N) is 1. The van der Waals surface area contributed by atoms with Crippen LogP contribution in [0.5, 0.6) is 5.75 Å². The molecule has 8 nitrogen and oxygen atoms in total. The maximum atomic E-state index is 11.9. The van der Waals surface area contributed by atoms with E-state index in [1.807, 2.05) is 39.0 Å². The number of amides is 1. The van der Waals surface area contributed by atoms with Crippen LogP contribution in [0.15, 0.2) is 29.4 Å². The second-order valence-corrected chi connectivity index (χ2v) is 9.21. The van der Waals surface area contributed by atoms with Crippen LogP contribution in [0, 0.1) is 20.8 Å². The van der Waals surface area contributed by atoms with Gasteiger partial charge in [-0.05, 0) is 44.9 Å². The van der Waals surface area contributed by atoms with Crippen LogP contribution in [-0.2, 0) is 14.6 Å². The maximum Gasteiger partial charge on any atom is 0.277 e. The third-order valence-electron chi connectivity index (χ3n) is 4.68. The van der Waals surface area contributed by atoms with E-state index in [0.29, 0.717) is 12.2 Å². The van der Waals surface area contributed by atoms with E-state index in [0.717, 1.165) is 22.5 Å². The lowest BCUT2D eigenvalue weighted by Gasteiger charge is -2.10. The highest BCUT2D eigenvalue weighted by Crippen LogP contribution is 2.26. The molecule has 1 N–H and O–H groups in total. The Bertz CT molecular complexity index is 1010. The van der Waals surface area contributed by atoms with Crippen molar-refractivity contribution >= 4 is 22.0 Å². The zero-order chi connectivity index (χ0) is 20.3. The van der Waals surface area contributed by atoms with Crippen molar-refractivity contribution < 1.29 is 17.9 Å². The Morgan fingerprint density at radius 3 is 2.86 bits per heavy atom. The molecule has 28 heavy (non-hydrogen) atoms. The van der Waals surface area contributed by atoms with Gasteiger partial charge in [0.2, 0.25) is 0 Å². The number of aromatic nitrogens is 2. The molecule has 150 valence electrons. The lowest BCUT2D eigenvalue weighted by atomic mass is 10.2. The highest BCUT2D eigenvalue weighted by Gasteiger charge is 2.31. The minimum absolute atomic E-state index is 0.110. The van der Waals surface area contributed by atoms with Crippen LogP contribution in [0.2, 0.25) is 0 Å². The number of aryl methyl sites for hydroxylation is 2. The van der Waals surface area contributed by atoms with Crippen molar-refractivity contribution in [3.63, 3.8) is 0 Å². The lowest BCUT2D eigenvalue weighted by Crippen LogP contribution is -2.24. The van der Waals surface area contributed by atoms with E-state index in [1.165, 1.54) is 6.21 Å². The molecule has 0 radical (unpaired) electrons. The summed E-state index contributed by atoms with van der Waals surface area (Å²) < 4.78 is 30.6. The molecule has 1 aliphatic heterocycles. The monoisotopic (exact) mass is 404 g/mol. The SMILES string of the molecule is Cc1cccc(OCC(=O)N/N=C\c2c(C)nn([C@H]3CCS(=O)(=O)C3)c2C)c1. The first-order valence-electron chi connectivity index (χ1n) is 9.02. The van der Waals surface area contributed by atoms with E-state index in [9.17, 15) is 13.2 Å². The van der Waals surface area contributed by atoms with Crippen molar-refractivity contribution in [2.75, 3.05) is 18.1 Å². The summed E-state index contributed by atoms with van der Waals surface area (Å²) >= 11 is 0. The molecule has 0 unspecified atom stereocenters. The molecule has 1 aromatic carbocycles. The normalized spacial score (nSPS) is 18.5. The second-order valence-electron chi connectivity index (χ2n) is 6.98. The fourth-order valence-electron chi connectivity index (χ4n) is 3.24. The molecule has 1 aliphatic rings. The molecule has 0 saturated carbocycles. The zero-order valence-corrected chi connectivity index (χ0v) is 17.0.